The number of H-pyrrole nitrogens is 1. The molecule has 6 heteroatoms. The van der Waals surface area contributed by atoms with Crippen molar-refractivity contribution in [3.8, 4) is 22.8 Å². The minimum absolute atomic E-state index is 0.208. The summed E-state index contributed by atoms with van der Waals surface area (Å²) in [4.78, 5) is 18.0. The molecular weight excluding hydrogens is 452 g/mol. The van der Waals surface area contributed by atoms with E-state index >= 15 is 0 Å². The summed E-state index contributed by atoms with van der Waals surface area (Å²) in [6.07, 6.45) is 2.65. The third-order valence-electron chi connectivity index (χ3n) is 6.83. The van der Waals surface area contributed by atoms with E-state index in [0.717, 1.165) is 60.6 Å². The van der Waals surface area contributed by atoms with Gasteiger partial charge in [0.25, 0.3) is 0 Å². The van der Waals surface area contributed by atoms with E-state index in [1.54, 1.807) is 14.2 Å². The first-order valence-electron chi connectivity index (χ1n) is 12.9. The maximum atomic E-state index is 12.5. The second-order valence-corrected chi connectivity index (χ2v) is 11.2. The lowest BCUT2D eigenvalue weighted by atomic mass is 9.88. The van der Waals surface area contributed by atoms with Crippen LogP contribution in [0.2, 0.25) is 0 Å². The number of methoxy groups -OCH3 is 2. The Kier molecular flexibility index (Phi) is 7.53. The number of aromatic nitrogens is 1. The number of benzene rings is 2. The summed E-state index contributed by atoms with van der Waals surface area (Å²) >= 11 is 0. The van der Waals surface area contributed by atoms with Crippen LogP contribution in [0.25, 0.3) is 22.2 Å². The molecule has 0 aliphatic carbocycles. The van der Waals surface area contributed by atoms with Gasteiger partial charge < -0.3 is 24.1 Å². The Morgan fingerprint density at radius 1 is 1.03 bits per heavy atom. The molecular formula is C30H40N2O4. The van der Waals surface area contributed by atoms with Crippen LogP contribution in [0.15, 0.2) is 36.4 Å². The van der Waals surface area contributed by atoms with Gasteiger partial charge in [0.15, 0.2) is 11.5 Å². The quantitative estimate of drug-likeness (QED) is 0.396. The van der Waals surface area contributed by atoms with E-state index in [1.165, 1.54) is 16.5 Å². The van der Waals surface area contributed by atoms with Crippen LogP contribution in [0.5, 0.6) is 11.5 Å². The number of hydrogen-bond donors (Lipinski definition) is 1. The number of nitrogens with zero attached hydrogens (tertiary/aromatic N) is 1. The van der Waals surface area contributed by atoms with Crippen molar-refractivity contribution in [3.63, 3.8) is 0 Å². The van der Waals surface area contributed by atoms with Gasteiger partial charge in [0.05, 0.1) is 14.2 Å². The van der Waals surface area contributed by atoms with E-state index in [1.807, 2.05) is 37.8 Å². The zero-order chi connectivity index (χ0) is 26.0. The second-order valence-electron chi connectivity index (χ2n) is 11.2. The molecule has 1 aliphatic heterocycles. The lowest BCUT2D eigenvalue weighted by molar-refractivity contribution is 0.0205. The van der Waals surface area contributed by atoms with Crippen LogP contribution in [-0.4, -0.2) is 48.9 Å². The number of piperidine rings is 1. The van der Waals surface area contributed by atoms with Gasteiger partial charge in [0.2, 0.25) is 0 Å². The molecule has 2 aromatic carbocycles. The fourth-order valence-corrected chi connectivity index (χ4v) is 5.10. The number of likely N-dealkylation sites (tertiary alicyclic amines) is 1. The van der Waals surface area contributed by atoms with Crippen molar-refractivity contribution in [2.75, 3.05) is 27.3 Å². The van der Waals surface area contributed by atoms with Crippen LogP contribution in [0, 0.1) is 5.92 Å². The minimum Gasteiger partial charge on any atom is -0.493 e. The number of amides is 1. The highest BCUT2D eigenvalue weighted by Crippen LogP contribution is 2.39. The Bertz CT molecular complexity index is 1210. The van der Waals surface area contributed by atoms with E-state index in [0.29, 0.717) is 11.8 Å². The number of nitrogens with one attached hydrogen (secondary N) is 1. The molecule has 4 rings (SSSR count). The summed E-state index contributed by atoms with van der Waals surface area (Å²) in [5.41, 5.74) is 5.58. The summed E-state index contributed by atoms with van der Waals surface area (Å²) in [5, 5.41) is 1.28. The predicted octanol–water partition coefficient (Wildman–Crippen LogP) is 7.17. The molecule has 3 aromatic rings. The fraction of sp³-hybridized carbons (Fsp3) is 0.500. The number of carbonyl (C=O) groups excluding carboxylic acids is 1. The number of hydrogen-bond acceptors (Lipinski definition) is 4. The van der Waals surface area contributed by atoms with Gasteiger partial charge in [0, 0.05) is 35.2 Å². The summed E-state index contributed by atoms with van der Waals surface area (Å²) in [5.74, 6) is 2.40. The summed E-state index contributed by atoms with van der Waals surface area (Å²) < 4.78 is 16.6. The normalized spacial score (nSPS) is 14.9. The Balaban J connectivity index is 1.63. The lowest BCUT2D eigenvalue weighted by Gasteiger charge is -2.33. The first-order valence-corrected chi connectivity index (χ1v) is 12.9. The molecule has 1 N–H and O–H groups in total. The van der Waals surface area contributed by atoms with Crippen molar-refractivity contribution in [2.45, 2.75) is 65.4 Å². The molecule has 1 aliphatic rings. The average molecular weight is 493 g/mol. The van der Waals surface area contributed by atoms with E-state index in [2.05, 4.69) is 43.1 Å². The van der Waals surface area contributed by atoms with Crippen LogP contribution >= 0.6 is 0 Å². The third-order valence-corrected chi connectivity index (χ3v) is 6.83. The van der Waals surface area contributed by atoms with E-state index in [9.17, 15) is 4.79 Å². The molecule has 0 unspecified atom stereocenters. The van der Waals surface area contributed by atoms with Gasteiger partial charge >= 0.3 is 6.09 Å². The summed E-state index contributed by atoms with van der Waals surface area (Å²) in [6.45, 7) is 11.7. The van der Waals surface area contributed by atoms with Gasteiger partial charge in [-0.25, -0.2) is 4.79 Å². The first-order chi connectivity index (χ1) is 17.1. The maximum Gasteiger partial charge on any atom is 0.410 e. The number of fused-ring (bicyclic) bond motifs is 1. The SMILES string of the molecule is COc1ccc(-c2[nH]c3ccc(C4CCN(C(=O)OC(C)(C)C)CC4)cc3c2CC(C)C)cc1OC. The van der Waals surface area contributed by atoms with Crippen LogP contribution < -0.4 is 9.47 Å². The van der Waals surface area contributed by atoms with E-state index < -0.39 is 5.60 Å². The molecule has 1 saturated heterocycles. The maximum absolute atomic E-state index is 12.5. The van der Waals surface area contributed by atoms with E-state index in [4.69, 9.17) is 14.2 Å². The molecule has 36 heavy (non-hydrogen) atoms. The number of carbonyl (C=O) groups is 1. The largest absolute Gasteiger partial charge is 0.493 e. The van der Waals surface area contributed by atoms with E-state index in [-0.39, 0.29) is 6.09 Å². The fourth-order valence-electron chi connectivity index (χ4n) is 5.10. The Hall–Kier alpha value is -3.15. The van der Waals surface area contributed by atoms with Gasteiger partial charge in [-0.05, 0) is 93.3 Å². The molecule has 1 aromatic heterocycles. The molecule has 2 heterocycles. The predicted molar refractivity (Wildman–Crippen MR) is 145 cm³/mol. The van der Waals surface area contributed by atoms with Crippen molar-refractivity contribution in [3.05, 3.63) is 47.5 Å². The van der Waals surface area contributed by atoms with Crippen molar-refractivity contribution in [2.24, 2.45) is 5.92 Å². The number of ether oxygens (including phenoxy) is 3. The van der Waals surface area contributed by atoms with Gasteiger partial charge in [0.1, 0.15) is 5.60 Å². The molecule has 0 saturated carbocycles. The zero-order valence-corrected chi connectivity index (χ0v) is 22.7. The highest BCUT2D eigenvalue weighted by atomic mass is 16.6. The highest BCUT2D eigenvalue weighted by molar-refractivity contribution is 5.91. The van der Waals surface area contributed by atoms with Gasteiger partial charge in [-0.15, -0.1) is 0 Å². The second kappa shape index (κ2) is 10.5. The molecule has 0 atom stereocenters. The Morgan fingerprint density at radius 3 is 2.33 bits per heavy atom. The summed E-state index contributed by atoms with van der Waals surface area (Å²) in [6, 6.07) is 12.9. The lowest BCUT2D eigenvalue weighted by Crippen LogP contribution is -2.41. The van der Waals surface area contributed by atoms with Gasteiger partial charge in [-0.1, -0.05) is 19.9 Å². The van der Waals surface area contributed by atoms with Crippen molar-refractivity contribution >= 4 is 17.0 Å². The first kappa shape index (κ1) is 25.9. The molecule has 0 bridgehead atoms. The highest BCUT2D eigenvalue weighted by Gasteiger charge is 2.28. The van der Waals surface area contributed by atoms with Gasteiger partial charge in [-0.2, -0.15) is 0 Å². The van der Waals surface area contributed by atoms with Crippen LogP contribution in [0.4, 0.5) is 4.79 Å². The third kappa shape index (κ3) is 5.63. The van der Waals surface area contributed by atoms with Gasteiger partial charge in [-0.3, -0.25) is 0 Å². The molecule has 1 fully saturated rings. The minimum atomic E-state index is -0.467. The molecule has 1 amide bonds. The van der Waals surface area contributed by atoms with Crippen molar-refractivity contribution < 1.29 is 19.0 Å². The number of aromatic amines is 1. The molecule has 0 radical (unpaired) electrons. The number of rotatable bonds is 6. The smallest absolute Gasteiger partial charge is 0.410 e. The molecule has 6 nitrogen and oxygen atoms in total. The Morgan fingerprint density at radius 2 is 1.72 bits per heavy atom. The monoisotopic (exact) mass is 492 g/mol. The zero-order valence-electron chi connectivity index (χ0n) is 22.7. The topological polar surface area (TPSA) is 63.8 Å². The summed E-state index contributed by atoms with van der Waals surface area (Å²) in [7, 11) is 3.33. The standard InChI is InChI=1S/C30H40N2O4/c1-19(2)16-24-23-17-21(20-12-14-32(15-13-20)29(33)36-30(3,4)5)8-10-25(23)31-28(24)22-9-11-26(34-6)27(18-22)35-7/h8-11,17-20,31H,12-16H2,1-7H3. The average Bonchev–Trinajstić information content (AvgIpc) is 3.19. The van der Waals surface area contributed by atoms with Crippen molar-refractivity contribution in [1.29, 1.82) is 0 Å². The Labute approximate surface area is 214 Å². The van der Waals surface area contributed by atoms with Crippen LogP contribution in [0.3, 0.4) is 0 Å². The van der Waals surface area contributed by atoms with Crippen molar-refractivity contribution in [1.82, 2.24) is 9.88 Å². The van der Waals surface area contributed by atoms with Crippen LogP contribution in [0.1, 0.15) is 64.5 Å². The molecule has 0 spiro atoms. The molecule has 194 valence electrons. The van der Waals surface area contributed by atoms with Crippen LogP contribution in [-0.2, 0) is 11.2 Å².